The third kappa shape index (κ3) is 5.94. The molecule has 0 atom stereocenters. The van der Waals surface area contributed by atoms with Crippen molar-refractivity contribution in [2.45, 2.75) is 52.6 Å². The highest BCUT2D eigenvalue weighted by Crippen LogP contribution is 2.30. The number of benzene rings is 1. The average Bonchev–Trinajstić information content (AvgIpc) is 3.25. The van der Waals surface area contributed by atoms with Gasteiger partial charge >= 0.3 is 6.18 Å². The van der Waals surface area contributed by atoms with E-state index in [4.69, 9.17) is 0 Å². The maximum absolute atomic E-state index is 13.0. The molecule has 0 saturated heterocycles. The number of thiazole rings is 1. The van der Waals surface area contributed by atoms with Gasteiger partial charge in [-0.3, -0.25) is 4.79 Å². The van der Waals surface area contributed by atoms with Gasteiger partial charge in [0.2, 0.25) is 5.91 Å². The van der Waals surface area contributed by atoms with E-state index in [1.54, 1.807) is 31.3 Å². The molecule has 0 aliphatic carbocycles. The van der Waals surface area contributed by atoms with E-state index < -0.39 is 11.7 Å². The van der Waals surface area contributed by atoms with Crippen LogP contribution in [0, 0.1) is 20.8 Å². The van der Waals surface area contributed by atoms with Crippen molar-refractivity contribution < 1.29 is 18.0 Å². The lowest BCUT2D eigenvalue weighted by atomic mass is 10.1. The van der Waals surface area contributed by atoms with Gasteiger partial charge in [-0.1, -0.05) is 6.07 Å². The van der Waals surface area contributed by atoms with Gasteiger partial charge in [-0.25, -0.2) is 9.67 Å². The van der Waals surface area contributed by atoms with Gasteiger partial charge in [-0.05, 0) is 58.2 Å². The minimum absolute atomic E-state index is 0.125. The number of unbranched alkanes of at least 4 members (excludes halogenated alkanes) is 1. The SMILES string of the molecule is Cc1csc(CCCCNC(=O)Cc2c(C)nn(-c3cccc(C(F)(F)F)c3)c2C)n1. The van der Waals surface area contributed by atoms with Gasteiger partial charge in [0.25, 0.3) is 0 Å². The second-order valence-electron chi connectivity index (χ2n) is 7.48. The van der Waals surface area contributed by atoms with Crippen LogP contribution in [-0.2, 0) is 23.8 Å². The number of nitrogens with one attached hydrogen (secondary N) is 1. The maximum atomic E-state index is 13.0. The van der Waals surface area contributed by atoms with E-state index >= 15 is 0 Å². The summed E-state index contributed by atoms with van der Waals surface area (Å²) in [7, 11) is 0. The number of alkyl halides is 3. The molecule has 1 aromatic carbocycles. The first kappa shape index (κ1) is 23.0. The van der Waals surface area contributed by atoms with E-state index in [0.29, 0.717) is 23.6 Å². The Kier molecular flexibility index (Phi) is 7.15. The van der Waals surface area contributed by atoms with Gasteiger partial charge in [0, 0.05) is 28.9 Å². The normalized spacial score (nSPS) is 11.7. The van der Waals surface area contributed by atoms with Crippen LogP contribution < -0.4 is 5.32 Å². The molecule has 9 heteroatoms. The molecule has 0 aliphatic rings. The smallest absolute Gasteiger partial charge is 0.356 e. The standard InChI is InChI=1S/C22H25F3N4OS/c1-14-13-31-21(27-14)9-4-5-10-26-20(30)12-19-15(2)28-29(16(19)3)18-8-6-7-17(11-18)22(23,24)25/h6-8,11,13H,4-5,9-10,12H2,1-3H3,(H,26,30). The van der Waals surface area contributed by atoms with E-state index in [0.717, 1.165) is 47.7 Å². The fourth-order valence-electron chi connectivity index (χ4n) is 3.37. The summed E-state index contributed by atoms with van der Waals surface area (Å²) >= 11 is 1.65. The monoisotopic (exact) mass is 450 g/mol. The van der Waals surface area contributed by atoms with Crippen molar-refractivity contribution in [2.24, 2.45) is 0 Å². The lowest BCUT2D eigenvalue weighted by Gasteiger charge is -2.10. The summed E-state index contributed by atoms with van der Waals surface area (Å²) in [5.41, 5.74) is 2.64. The van der Waals surface area contributed by atoms with E-state index in [9.17, 15) is 18.0 Å². The molecular formula is C22H25F3N4OS. The molecular weight excluding hydrogens is 425 g/mol. The zero-order valence-corrected chi connectivity index (χ0v) is 18.5. The van der Waals surface area contributed by atoms with Gasteiger partial charge in [0.1, 0.15) is 0 Å². The van der Waals surface area contributed by atoms with Gasteiger partial charge < -0.3 is 5.32 Å². The number of nitrogens with zero attached hydrogens (tertiary/aromatic N) is 3. The number of carbonyl (C=O) groups is 1. The molecule has 0 radical (unpaired) electrons. The molecule has 1 N–H and O–H groups in total. The number of hydrogen-bond donors (Lipinski definition) is 1. The Morgan fingerprint density at radius 3 is 2.65 bits per heavy atom. The van der Waals surface area contributed by atoms with Crippen molar-refractivity contribution in [3.05, 3.63) is 62.9 Å². The summed E-state index contributed by atoms with van der Waals surface area (Å²) in [5.74, 6) is -0.125. The quantitative estimate of drug-likeness (QED) is 0.494. The molecule has 1 amide bonds. The van der Waals surface area contributed by atoms with E-state index in [1.165, 1.54) is 10.7 Å². The van der Waals surface area contributed by atoms with Crippen LogP contribution in [0.25, 0.3) is 5.69 Å². The summed E-state index contributed by atoms with van der Waals surface area (Å²) in [5, 5.41) is 10.4. The minimum atomic E-state index is -4.42. The number of hydrogen-bond acceptors (Lipinski definition) is 4. The highest BCUT2D eigenvalue weighted by molar-refractivity contribution is 7.09. The Balaban J connectivity index is 1.57. The molecule has 0 saturated carbocycles. The van der Waals surface area contributed by atoms with E-state index in [-0.39, 0.29) is 12.3 Å². The van der Waals surface area contributed by atoms with Crippen molar-refractivity contribution in [3.8, 4) is 5.69 Å². The van der Waals surface area contributed by atoms with Crippen molar-refractivity contribution in [2.75, 3.05) is 6.54 Å². The molecule has 0 fully saturated rings. The minimum Gasteiger partial charge on any atom is -0.356 e. The number of aromatic nitrogens is 3. The second kappa shape index (κ2) is 9.64. The fraction of sp³-hybridized carbons (Fsp3) is 0.409. The van der Waals surface area contributed by atoms with Crippen LogP contribution in [-0.4, -0.2) is 27.2 Å². The van der Waals surface area contributed by atoms with E-state index in [1.807, 2.05) is 12.3 Å². The largest absolute Gasteiger partial charge is 0.416 e. The first-order valence-corrected chi connectivity index (χ1v) is 10.9. The lowest BCUT2D eigenvalue weighted by Crippen LogP contribution is -2.26. The molecule has 0 aliphatic heterocycles. The van der Waals surface area contributed by atoms with Gasteiger partial charge in [0.15, 0.2) is 0 Å². The topological polar surface area (TPSA) is 59.8 Å². The highest BCUT2D eigenvalue weighted by atomic mass is 32.1. The first-order valence-electron chi connectivity index (χ1n) is 10.1. The Morgan fingerprint density at radius 1 is 1.19 bits per heavy atom. The third-order valence-electron chi connectivity index (χ3n) is 5.00. The van der Waals surface area contributed by atoms with Gasteiger partial charge in [-0.2, -0.15) is 18.3 Å². The lowest BCUT2D eigenvalue weighted by molar-refractivity contribution is -0.137. The van der Waals surface area contributed by atoms with Crippen molar-refractivity contribution in [3.63, 3.8) is 0 Å². The molecule has 31 heavy (non-hydrogen) atoms. The summed E-state index contributed by atoms with van der Waals surface area (Å²) in [6, 6.07) is 5.02. The first-order chi connectivity index (χ1) is 14.6. The molecule has 3 rings (SSSR count). The fourth-order valence-corrected chi connectivity index (χ4v) is 4.18. The Morgan fingerprint density at radius 2 is 1.97 bits per heavy atom. The summed E-state index contributed by atoms with van der Waals surface area (Å²) in [6.45, 7) is 6.07. The zero-order chi connectivity index (χ0) is 22.6. The van der Waals surface area contributed by atoms with Crippen LogP contribution in [0.5, 0.6) is 0 Å². The second-order valence-corrected chi connectivity index (χ2v) is 8.42. The Hall–Kier alpha value is -2.68. The van der Waals surface area contributed by atoms with Crippen LogP contribution >= 0.6 is 11.3 Å². The predicted octanol–water partition coefficient (Wildman–Crippen LogP) is 4.95. The van der Waals surface area contributed by atoms with Gasteiger partial charge in [-0.15, -0.1) is 11.3 Å². The van der Waals surface area contributed by atoms with Crippen LogP contribution in [0.15, 0.2) is 29.6 Å². The number of amides is 1. The highest BCUT2D eigenvalue weighted by Gasteiger charge is 2.30. The summed E-state index contributed by atoms with van der Waals surface area (Å²) in [6.07, 6.45) is -1.59. The van der Waals surface area contributed by atoms with Crippen molar-refractivity contribution >= 4 is 17.2 Å². The molecule has 5 nitrogen and oxygen atoms in total. The van der Waals surface area contributed by atoms with Crippen molar-refractivity contribution in [1.82, 2.24) is 20.1 Å². The van der Waals surface area contributed by atoms with Crippen molar-refractivity contribution in [1.29, 1.82) is 0 Å². The van der Waals surface area contributed by atoms with E-state index in [2.05, 4.69) is 15.4 Å². The molecule has 3 aromatic rings. The Bertz CT molecular complexity index is 1060. The van der Waals surface area contributed by atoms with Crippen LogP contribution in [0.2, 0.25) is 0 Å². The molecule has 0 bridgehead atoms. The maximum Gasteiger partial charge on any atom is 0.416 e. The molecule has 0 unspecified atom stereocenters. The summed E-state index contributed by atoms with van der Waals surface area (Å²) in [4.78, 5) is 16.8. The molecule has 166 valence electrons. The van der Waals surface area contributed by atoms with Crippen LogP contribution in [0.4, 0.5) is 13.2 Å². The number of halogens is 3. The van der Waals surface area contributed by atoms with Crippen LogP contribution in [0.1, 0.15) is 46.1 Å². The number of carbonyl (C=O) groups excluding carboxylic acids is 1. The average molecular weight is 451 g/mol. The molecule has 0 spiro atoms. The number of rotatable bonds is 8. The third-order valence-corrected chi connectivity index (χ3v) is 6.03. The molecule has 2 heterocycles. The summed E-state index contributed by atoms with van der Waals surface area (Å²) < 4.78 is 40.5. The predicted molar refractivity (Wildman–Crippen MR) is 115 cm³/mol. The number of aryl methyl sites for hydroxylation is 3. The Labute approximate surface area is 183 Å². The molecule has 2 aromatic heterocycles. The zero-order valence-electron chi connectivity index (χ0n) is 17.7. The van der Waals surface area contributed by atoms with Crippen LogP contribution in [0.3, 0.4) is 0 Å². The van der Waals surface area contributed by atoms with Gasteiger partial charge in [0.05, 0.1) is 28.4 Å².